The van der Waals surface area contributed by atoms with E-state index in [-0.39, 0.29) is 5.78 Å². The van der Waals surface area contributed by atoms with Crippen molar-refractivity contribution >= 4 is 17.5 Å². The van der Waals surface area contributed by atoms with Crippen LogP contribution < -0.4 is 0 Å². The van der Waals surface area contributed by atoms with E-state index in [9.17, 15) is 4.79 Å². The number of ketones is 1. The molecular formula is C14H19NOS. The van der Waals surface area contributed by atoms with Crippen LogP contribution in [0.4, 0.5) is 0 Å². The second-order valence-corrected chi connectivity index (χ2v) is 6.27. The Hall–Kier alpha value is -0.830. The van der Waals surface area contributed by atoms with Crippen LogP contribution in [0.15, 0.2) is 23.4 Å². The Bertz CT molecular complexity index is 405. The second kappa shape index (κ2) is 5.67. The molecule has 2 atom stereocenters. The van der Waals surface area contributed by atoms with Crippen LogP contribution in [0, 0.1) is 5.92 Å². The Morgan fingerprint density at radius 3 is 3.00 bits per heavy atom. The topological polar surface area (TPSA) is 30.0 Å². The highest BCUT2D eigenvalue weighted by Gasteiger charge is 2.20. The molecule has 92 valence electrons. The van der Waals surface area contributed by atoms with Crippen LogP contribution in [0.25, 0.3) is 0 Å². The van der Waals surface area contributed by atoms with Gasteiger partial charge in [-0.1, -0.05) is 19.8 Å². The molecule has 1 aliphatic rings. The predicted octanol–water partition coefficient (Wildman–Crippen LogP) is 3.96. The molecule has 0 N–H and O–H groups in total. The van der Waals surface area contributed by atoms with Crippen molar-refractivity contribution in [2.75, 3.05) is 0 Å². The van der Waals surface area contributed by atoms with Gasteiger partial charge in [0.05, 0.1) is 5.03 Å². The zero-order chi connectivity index (χ0) is 12.3. The normalized spacial score (nSPS) is 24.6. The van der Waals surface area contributed by atoms with Gasteiger partial charge in [-0.05, 0) is 37.8 Å². The van der Waals surface area contributed by atoms with Crippen molar-refractivity contribution in [2.24, 2.45) is 5.92 Å². The van der Waals surface area contributed by atoms with Crippen molar-refractivity contribution in [3.05, 3.63) is 23.9 Å². The molecule has 0 aliphatic heterocycles. The zero-order valence-corrected chi connectivity index (χ0v) is 11.3. The third-order valence-corrected chi connectivity index (χ3v) is 4.54. The van der Waals surface area contributed by atoms with Crippen molar-refractivity contribution < 1.29 is 4.79 Å². The molecular weight excluding hydrogens is 230 g/mol. The van der Waals surface area contributed by atoms with Gasteiger partial charge in [0.15, 0.2) is 5.78 Å². The molecule has 1 aromatic heterocycles. The number of Topliss-reactive ketones (excluding diaryl/α,β-unsaturated/α-hetero) is 1. The van der Waals surface area contributed by atoms with Gasteiger partial charge in [-0.2, -0.15) is 0 Å². The molecule has 1 heterocycles. The molecule has 3 heteroatoms. The highest BCUT2D eigenvalue weighted by atomic mass is 32.2. The first-order valence-corrected chi connectivity index (χ1v) is 7.17. The molecule has 0 saturated heterocycles. The molecule has 1 aliphatic carbocycles. The number of hydrogen-bond acceptors (Lipinski definition) is 3. The standard InChI is InChI=1S/C14H19NOS/c1-10-4-3-5-13(8-10)17-14-9-12(11(2)16)6-7-15-14/h6-7,9-10,13H,3-5,8H2,1-2H3. The smallest absolute Gasteiger partial charge is 0.159 e. The summed E-state index contributed by atoms with van der Waals surface area (Å²) in [5, 5.41) is 1.67. The molecule has 0 bridgehead atoms. The van der Waals surface area contributed by atoms with Crippen molar-refractivity contribution in [3.8, 4) is 0 Å². The van der Waals surface area contributed by atoms with E-state index in [0.29, 0.717) is 5.25 Å². The number of carbonyl (C=O) groups is 1. The molecule has 0 aromatic carbocycles. The Morgan fingerprint density at radius 2 is 2.29 bits per heavy atom. The fourth-order valence-electron chi connectivity index (χ4n) is 2.35. The Morgan fingerprint density at radius 1 is 1.47 bits per heavy atom. The average molecular weight is 249 g/mol. The van der Waals surface area contributed by atoms with Crippen LogP contribution in [0.2, 0.25) is 0 Å². The number of carbonyl (C=O) groups excluding carboxylic acids is 1. The summed E-state index contributed by atoms with van der Waals surface area (Å²) < 4.78 is 0. The van der Waals surface area contributed by atoms with Crippen LogP contribution in [0.1, 0.15) is 49.9 Å². The van der Waals surface area contributed by atoms with Crippen molar-refractivity contribution in [1.29, 1.82) is 0 Å². The quantitative estimate of drug-likeness (QED) is 0.760. The van der Waals surface area contributed by atoms with E-state index < -0.39 is 0 Å². The third kappa shape index (κ3) is 3.56. The van der Waals surface area contributed by atoms with Gasteiger partial charge in [-0.15, -0.1) is 11.8 Å². The summed E-state index contributed by atoms with van der Waals surface area (Å²) in [5.41, 5.74) is 0.770. The lowest BCUT2D eigenvalue weighted by molar-refractivity contribution is 0.101. The molecule has 1 aromatic rings. The minimum atomic E-state index is 0.117. The van der Waals surface area contributed by atoms with E-state index in [1.165, 1.54) is 25.7 Å². The lowest BCUT2D eigenvalue weighted by atomic mass is 9.91. The highest BCUT2D eigenvalue weighted by Crippen LogP contribution is 2.35. The maximum atomic E-state index is 11.3. The first-order valence-electron chi connectivity index (χ1n) is 6.29. The van der Waals surface area contributed by atoms with Gasteiger partial charge >= 0.3 is 0 Å². The second-order valence-electron chi connectivity index (χ2n) is 4.95. The van der Waals surface area contributed by atoms with E-state index >= 15 is 0 Å². The monoisotopic (exact) mass is 249 g/mol. The minimum absolute atomic E-state index is 0.117. The zero-order valence-electron chi connectivity index (χ0n) is 10.5. The van der Waals surface area contributed by atoms with Crippen LogP contribution in [0.5, 0.6) is 0 Å². The molecule has 0 radical (unpaired) electrons. The van der Waals surface area contributed by atoms with Gasteiger partial charge in [-0.3, -0.25) is 4.79 Å². The molecule has 2 unspecified atom stereocenters. The van der Waals surface area contributed by atoms with Gasteiger partial charge in [0.2, 0.25) is 0 Å². The van der Waals surface area contributed by atoms with Crippen LogP contribution in [-0.4, -0.2) is 16.0 Å². The summed E-state index contributed by atoms with van der Waals surface area (Å²) >= 11 is 1.84. The van der Waals surface area contributed by atoms with E-state index in [4.69, 9.17) is 0 Å². The fraction of sp³-hybridized carbons (Fsp3) is 0.571. The fourth-order valence-corrected chi connectivity index (χ4v) is 3.72. The van der Waals surface area contributed by atoms with E-state index in [0.717, 1.165) is 16.5 Å². The number of nitrogens with zero attached hydrogens (tertiary/aromatic N) is 1. The first kappa shape index (κ1) is 12.6. The van der Waals surface area contributed by atoms with Crippen LogP contribution in [0.3, 0.4) is 0 Å². The van der Waals surface area contributed by atoms with Gasteiger partial charge in [0.25, 0.3) is 0 Å². The van der Waals surface area contributed by atoms with Crippen molar-refractivity contribution in [2.45, 2.75) is 49.8 Å². The van der Waals surface area contributed by atoms with Crippen LogP contribution in [-0.2, 0) is 0 Å². The summed E-state index contributed by atoms with van der Waals surface area (Å²) in [4.78, 5) is 15.7. The largest absolute Gasteiger partial charge is 0.295 e. The van der Waals surface area contributed by atoms with Gasteiger partial charge in [-0.25, -0.2) is 4.98 Å². The number of aromatic nitrogens is 1. The van der Waals surface area contributed by atoms with Gasteiger partial charge < -0.3 is 0 Å². The Kier molecular flexibility index (Phi) is 4.21. The lowest BCUT2D eigenvalue weighted by Crippen LogP contribution is -2.15. The van der Waals surface area contributed by atoms with E-state index in [1.54, 1.807) is 19.2 Å². The van der Waals surface area contributed by atoms with Crippen molar-refractivity contribution in [1.82, 2.24) is 4.98 Å². The Balaban J connectivity index is 2.02. The predicted molar refractivity (Wildman–Crippen MR) is 71.5 cm³/mol. The van der Waals surface area contributed by atoms with Crippen LogP contribution >= 0.6 is 11.8 Å². The molecule has 1 fully saturated rings. The molecule has 2 rings (SSSR count). The maximum absolute atomic E-state index is 11.3. The highest BCUT2D eigenvalue weighted by molar-refractivity contribution is 7.99. The number of pyridine rings is 1. The number of rotatable bonds is 3. The van der Waals surface area contributed by atoms with Crippen molar-refractivity contribution in [3.63, 3.8) is 0 Å². The summed E-state index contributed by atoms with van der Waals surface area (Å²) in [6, 6.07) is 3.71. The molecule has 1 saturated carbocycles. The molecule has 2 nitrogen and oxygen atoms in total. The number of hydrogen-bond donors (Lipinski definition) is 0. The Labute approximate surface area is 107 Å². The van der Waals surface area contributed by atoms with Gasteiger partial charge in [0.1, 0.15) is 0 Å². The SMILES string of the molecule is CC(=O)c1ccnc(SC2CCCC(C)C2)c1. The van der Waals surface area contributed by atoms with E-state index in [2.05, 4.69) is 11.9 Å². The summed E-state index contributed by atoms with van der Waals surface area (Å²) in [7, 11) is 0. The third-order valence-electron chi connectivity index (χ3n) is 3.32. The average Bonchev–Trinajstić information content (AvgIpc) is 2.29. The molecule has 0 spiro atoms. The summed E-state index contributed by atoms with van der Waals surface area (Å²) in [6.45, 7) is 3.93. The maximum Gasteiger partial charge on any atom is 0.159 e. The van der Waals surface area contributed by atoms with Gasteiger partial charge in [0, 0.05) is 17.0 Å². The number of thioether (sulfide) groups is 1. The lowest BCUT2D eigenvalue weighted by Gasteiger charge is -2.25. The molecule has 0 amide bonds. The summed E-state index contributed by atoms with van der Waals surface area (Å²) in [6.07, 6.45) is 6.98. The van der Waals surface area contributed by atoms with E-state index in [1.807, 2.05) is 17.8 Å². The molecule has 17 heavy (non-hydrogen) atoms. The first-order chi connectivity index (χ1) is 8.15. The summed E-state index contributed by atoms with van der Waals surface area (Å²) in [5.74, 6) is 0.948. The minimum Gasteiger partial charge on any atom is -0.295 e.